The van der Waals surface area contributed by atoms with Crippen LogP contribution in [-0.2, 0) is 9.59 Å². The van der Waals surface area contributed by atoms with Crippen molar-refractivity contribution in [2.75, 3.05) is 16.8 Å². The van der Waals surface area contributed by atoms with Crippen LogP contribution in [0.2, 0.25) is 0 Å². The Labute approximate surface area is 166 Å². The van der Waals surface area contributed by atoms with E-state index in [4.69, 9.17) is 5.26 Å². The maximum absolute atomic E-state index is 12.8. The Bertz CT molecular complexity index is 1160. The van der Waals surface area contributed by atoms with E-state index in [9.17, 15) is 14.4 Å². The highest BCUT2D eigenvalue weighted by Gasteiger charge is 2.35. The van der Waals surface area contributed by atoms with Gasteiger partial charge in [-0.2, -0.15) is 5.26 Å². The van der Waals surface area contributed by atoms with E-state index >= 15 is 0 Å². The first-order valence-electron chi connectivity index (χ1n) is 9.04. The van der Waals surface area contributed by atoms with Crippen molar-refractivity contribution in [1.82, 2.24) is 9.78 Å². The summed E-state index contributed by atoms with van der Waals surface area (Å²) in [4.78, 5) is 38.5. The number of aromatic amines is 1. The minimum absolute atomic E-state index is 0.0752. The molecule has 0 bridgehead atoms. The zero-order chi connectivity index (χ0) is 20.4. The van der Waals surface area contributed by atoms with Gasteiger partial charge in [-0.1, -0.05) is 18.2 Å². The van der Waals surface area contributed by atoms with Crippen LogP contribution in [0.4, 0.5) is 11.5 Å². The number of anilines is 2. The number of hydrogen-bond acceptors (Lipinski definition) is 4. The van der Waals surface area contributed by atoms with Gasteiger partial charge in [0.2, 0.25) is 11.8 Å². The van der Waals surface area contributed by atoms with Gasteiger partial charge >= 0.3 is 0 Å². The largest absolute Gasteiger partial charge is 0.312 e. The van der Waals surface area contributed by atoms with Crippen LogP contribution in [0.1, 0.15) is 12.0 Å². The van der Waals surface area contributed by atoms with E-state index in [0.717, 1.165) is 0 Å². The molecule has 0 aliphatic carbocycles. The summed E-state index contributed by atoms with van der Waals surface area (Å²) in [6.45, 7) is 0.233. The molecule has 2 aromatic carbocycles. The van der Waals surface area contributed by atoms with Crippen molar-refractivity contribution in [3.8, 4) is 11.8 Å². The molecule has 0 saturated carbocycles. The van der Waals surface area contributed by atoms with Gasteiger partial charge in [-0.3, -0.25) is 19.5 Å². The fraction of sp³-hybridized carbons (Fsp3) is 0.143. The van der Waals surface area contributed by atoms with Crippen LogP contribution in [0.3, 0.4) is 0 Å². The van der Waals surface area contributed by atoms with Gasteiger partial charge in [0.1, 0.15) is 5.82 Å². The number of nitrogens with zero attached hydrogens (tertiary/aromatic N) is 3. The van der Waals surface area contributed by atoms with Crippen LogP contribution in [0, 0.1) is 17.2 Å². The molecule has 4 rings (SSSR count). The number of amides is 2. The number of aromatic nitrogens is 2. The molecule has 1 saturated heterocycles. The normalized spacial score (nSPS) is 15.9. The van der Waals surface area contributed by atoms with E-state index in [1.54, 1.807) is 36.4 Å². The van der Waals surface area contributed by atoms with Gasteiger partial charge < -0.3 is 10.2 Å². The number of H-pyrrole nitrogens is 1. The Morgan fingerprint density at radius 1 is 1.07 bits per heavy atom. The Morgan fingerprint density at radius 2 is 1.79 bits per heavy atom. The summed E-state index contributed by atoms with van der Waals surface area (Å²) < 4.78 is 1.50. The molecule has 2 heterocycles. The number of carbonyl (C=O) groups is 2. The van der Waals surface area contributed by atoms with Crippen molar-refractivity contribution in [3.63, 3.8) is 0 Å². The van der Waals surface area contributed by atoms with E-state index in [-0.39, 0.29) is 30.3 Å². The van der Waals surface area contributed by atoms with Gasteiger partial charge in [0.05, 0.1) is 23.2 Å². The lowest BCUT2D eigenvalue weighted by atomic mass is 10.1. The molecular formula is C21H17N5O3. The maximum Gasteiger partial charge on any atom is 0.266 e. The SMILES string of the molecule is N#Cc1ccc(N2CC(C(=O)Nc3cc(=O)[nH]n3-c3ccccc3)CC2=O)cc1. The first kappa shape index (κ1) is 18.3. The summed E-state index contributed by atoms with van der Waals surface area (Å²) in [6, 6.07) is 19.1. The van der Waals surface area contributed by atoms with Crippen LogP contribution in [0.15, 0.2) is 65.5 Å². The van der Waals surface area contributed by atoms with E-state index in [1.807, 2.05) is 24.3 Å². The molecule has 0 spiro atoms. The van der Waals surface area contributed by atoms with Crippen molar-refractivity contribution < 1.29 is 9.59 Å². The van der Waals surface area contributed by atoms with Gasteiger partial charge in [-0.15, -0.1) is 0 Å². The van der Waals surface area contributed by atoms with E-state index in [1.165, 1.54) is 15.6 Å². The van der Waals surface area contributed by atoms with Gasteiger partial charge in [-0.05, 0) is 36.4 Å². The average Bonchev–Trinajstić information content (AvgIpc) is 3.31. The minimum Gasteiger partial charge on any atom is -0.312 e. The van der Waals surface area contributed by atoms with Crippen LogP contribution >= 0.6 is 0 Å². The summed E-state index contributed by atoms with van der Waals surface area (Å²) in [5.41, 5.74) is 1.51. The third-order valence-electron chi connectivity index (χ3n) is 4.80. The number of rotatable bonds is 4. The van der Waals surface area contributed by atoms with Crippen LogP contribution < -0.4 is 15.8 Å². The summed E-state index contributed by atoms with van der Waals surface area (Å²) in [5.74, 6) is -0.731. The number of benzene rings is 2. The topological polar surface area (TPSA) is 111 Å². The number of nitriles is 1. The monoisotopic (exact) mass is 387 g/mol. The summed E-state index contributed by atoms with van der Waals surface area (Å²) in [7, 11) is 0. The van der Waals surface area contributed by atoms with Crippen molar-refractivity contribution in [2.45, 2.75) is 6.42 Å². The summed E-state index contributed by atoms with van der Waals surface area (Å²) >= 11 is 0. The molecule has 1 unspecified atom stereocenters. The highest BCUT2D eigenvalue weighted by atomic mass is 16.2. The third-order valence-corrected chi connectivity index (χ3v) is 4.80. The predicted molar refractivity (Wildman–Crippen MR) is 107 cm³/mol. The molecule has 8 heteroatoms. The Hall–Kier alpha value is -4.12. The average molecular weight is 387 g/mol. The molecule has 1 aromatic heterocycles. The molecule has 8 nitrogen and oxygen atoms in total. The van der Waals surface area contributed by atoms with Crippen molar-refractivity contribution in [2.24, 2.45) is 5.92 Å². The fourth-order valence-electron chi connectivity index (χ4n) is 3.34. The molecule has 1 atom stereocenters. The second-order valence-electron chi connectivity index (χ2n) is 6.73. The van der Waals surface area contributed by atoms with Crippen LogP contribution in [0.25, 0.3) is 5.69 Å². The minimum atomic E-state index is -0.549. The lowest BCUT2D eigenvalue weighted by molar-refractivity contribution is -0.122. The Morgan fingerprint density at radius 3 is 2.48 bits per heavy atom. The van der Waals surface area contributed by atoms with Crippen LogP contribution in [-0.4, -0.2) is 28.1 Å². The molecule has 2 amide bonds. The first-order chi connectivity index (χ1) is 14.0. The van der Waals surface area contributed by atoms with E-state index in [2.05, 4.69) is 10.4 Å². The molecule has 144 valence electrons. The third kappa shape index (κ3) is 3.66. The second-order valence-corrected chi connectivity index (χ2v) is 6.73. The number of hydrogen-bond donors (Lipinski definition) is 2. The molecule has 1 fully saturated rings. The van der Waals surface area contributed by atoms with E-state index < -0.39 is 5.92 Å². The molecular weight excluding hydrogens is 370 g/mol. The zero-order valence-corrected chi connectivity index (χ0v) is 15.3. The quantitative estimate of drug-likeness (QED) is 0.713. The standard InChI is InChI=1S/C21H17N5O3/c22-12-14-6-8-16(9-7-14)25-13-15(10-20(25)28)21(29)23-18-11-19(27)24-26(18)17-4-2-1-3-5-17/h1-9,11,15H,10,13H2,(H,23,29)(H,24,27). The highest BCUT2D eigenvalue weighted by molar-refractivity contribution is 6.03. The summed E-state index contributed by atoms with van der Waals surface area (Å²) in [5, 5.41) is 14.3. The van der Waals surface area contributed by atoms with Crippen LogP contribution in [0.5, 0.6) is 0 Å². The van der Waals surface area contributed by atoms with Crippen molar-refractivity contribution in [3.05, 3.63) is 76.6 Å². The lowest BCUT2D eigenvalue weighted by Gasteiger charge is -2.17. The van der Waals surface area contributed by atoms with Gasteiger partial charge in [-0.25, -0.2) is 4.68 Å². The van der Waals surface area contributed by atoms with E-state index in [0.29, 0.717) is 22.8 Å². The summed E-state index contributed by atoms with van der Waals surface area (Å²) in [6.07, 6.45) is 0.0752. The predicted octanol–water partition coefficient (Wildman–Crippen LogP) is 2.03. The van der Waals surface area contributed by atoms with Crippen molar-refractivity contribution >= 4 is 23.3 Å². The molecule has 1 aliphatic rings. The molecule has 1 aliphatic heterocycles. The Balaban J connectivity index is 1.51. The lowest BCUT2D eigenvalue weighted by Crippen LogP contribution is -2.28. The maximum atomic E-state index is 12.8. The number of carbonyl (C=O) groups excluding carboxylic acids is 2. The fourth-order valence-corrected chi connectivity index (χ4v) is 3.34. The van der Waals surface area contributed by atoms with Gasteiger partial charge in [0, 0.05) is 24.7 Å². The zero-order valence-electron chi connectivity index (χ0n) is 15.3. The molecule has 2 N–H and O–H groups in total. The van der Waals surface area contributed by atoms with Gasteiger partial charge in [0.25, 0.3) is 5.56 Å². The highest BCUT2D eigenvalue weighted by Crippen LogP contribution is 2.26. The van der Waals surface area contributed by atoms with Crippen molar-refractivity contribution in [1.29, 1.82) is 5.26 Å². The smallest absolute Gasteiger partial charge is 0.266 e. The first-order valence-corrected chi connectivity index (χ1v) is 9.04. The molecule has 0 radical (unpaired) electrons. The molecule has 29 heavy (non-hydrogen) atoms. The number of nitrogens with one attached hydrogen (secondary N) is 2. The molecule has 3 aromatic rings. The number of para-hydroxylation sites is 1. The van der Waals surface area contributed by atoms with Gasteiger partial charge in [0.15, 0.2) is 0 Å². The Kier molecular flexibility index (Phi) is 4.71. The second kappa shape index (κ2) is 7.48.